The zero-order chi connectivity index (χ0) is 17.8. The minimum atomic E-state index is -1.14. The molecule has 0 aliphatic heterocycles. The average molecular weight is 336 g/mol. The highest BCUT2D eigenvalue weighted by Gasteiger charge is 2.22. The van der Waals surface area contributed by atoms with E-state index in [1.54, 1.807) is 30.3 Å². The van der Waals surface area contributed by atoms with Gasteiger partial charge in [0.1, 0.15) is 17.5 Å². The average Bonchev–Trinajstić information content (AvgIpc) is 2.62. The summed E-state index contributed by atoms with van der Waals surface area (Å²) in [5, 5.41) is 22.1. The highest BCUT2D eigenvalue weighted by Crippen LogP contribution is 2.13. The predicted octanol–water partition coefficient (Wildman–Crippen LogP) is 2.37. The Kier molecular flexibility index (Phi) is 4.61. The lowest BCUT2D eigenvalue weighted by atomic mass is 10.1. The van der Waals surface area contributed by atoms with E-state index in [1.165, 1.54) is 12.1 Å². The smallest absolute Gasteiger partial charge is 0.326 e. The van der Waals surface area contributed by atoms with E-state index in [4.69, 9.17) is 0 Å². The standard InChI is InChI=1S/C19H16N2O4/c22-14-8-5-12(6-9-14)11-17(19(24)25)21-18(23)16-10-7-13-3-1-2-4-15(13)20-16/h1-10,17,22H,11H2,(H,21,23)(H,24,25)/t17-/m0/s1. The molecule has 2 aromatic carbocycles. The van der Waals surface area contributed by atoms with Gasteiger partial charge in [0.2, 0.25) is 0 Å². The topological polar surface area (TPSA) is 99.5 Å². The van der Waals surface area contributed by atoms with Crippen LogP contribution in [-0.2, 0) is 11.2 Å². The number of carboxylic acid groups (broad SMARTS) is 1. The van der Waals surface area contributed by atoms with Gasteiger partial charge in [-0.1, -0.05) is 36.4 Å². The van der Waals surface area contributed by atoms with E-state index in [0.717, 1.165) is 5.39 Å². The first-order valence-corrected chi connectivity index (χ1v) is 7.70. The number of rotatable bonds is 5. The van der Waals surface area contributed by atoms with Crippen LogP contribution in [0.1, 0.15) is 16.1 Å². The van der Waals surface area contributed by atoms with E-state index in [0.29, 0.717) is 11.1 Å². The molecule has 3 N–H and O–H groups in total. The second-order valence-electron chi connectivity index (χ2n) is 5.62. The van der Waals surface area contributed by atoms with Crippen LogP contribution < -0.4 is 5.32 Å². The number of aliphatic carboxylic acids is 1. The van der Waals surface area contributed by atoms with E-state index in [9.17, 15) is 19.8 Å². The van der Waals surface area contributed by atoms with E-state index in [1.807, 2.05) is 18.2 Å². The van der Waals surface area contributed by atoms with Gasteiger partial charge in [0.25, 0.3) is 5.91 Å². The van der Waals surface area contributed by atoms with Crippen molar-refractivity contribution in [2.45, 2.75) is 12.5 Å². The van der Waals surface area contributed by atoms with Crippen LogP contribution in [0, 0.1) is 0 Å². The zero-order valence-corrected chi connectivity index (χ0v) is 13.2. The molecule has 0 unspecified atom stereocenters. The minimum absolute atomic E-state index is 0.0972. The second kappa shape index (κ2) is 7.00. The van der Waals surface area contributed by atoms with Crippen molar-refractivity contribution < 1.29 is 19.8 Å². The van der Waals surface area contributed by atoms with Gasteiger partial charge in [-0.2, -0.15) is 0 Å². The Morgan fingerprint density at radius 2 is 1.72 bits per heavy atom. The predicted molar refractivity (Wildman–Crippen MR) is 92.4 cm³/mol. The Labute approximate surface area is 143 Å². The van der Waals surface area contributed by atoms with Crippen molar-refractivity contribution in [3.8, 4) is 5.75 Å². The van der Waals surface area contributed by atoms with E-state index in [2.05, 4.69) is 10.3 Å². The van der Waals surface area contributed by atoms with E-state index < -0.39 is 17.9 Å². The molecule has 0 saturated heterocycles. The number of nitrogens with zero attached hydrogens (tertiary/aromatic N) is 1. The third-order valence-electron chi connectivity index (χ3n) is 3.81. The molecule has 0 aliphatic rings. The second-order valence-corrected chi connectivity index (χ2v) is 5.62. The number of phenolic OH excluding ortho intramolecular Hbond substituents is 1. The lowest BCUT2D eigenvalue weighted by Gasteiger charge is -2.14. The molecule has 0 aliphatic carbocycles. The van der Waals surface area contributed by atoms with Gasteiger partial charge in [0.05, 0.1) is 5.52 Å². The molecule has 6 heteroatoms. The monoisotopic (exact) mass is 336 g/mol. The van der Waals surface area contributed by atoms with Crippen molar-refractivity contribution in [3.05, 3.63) is 71.9 Å². The summed E-state index contributed by atoms with van der Waals surface area (Å²) in [6.45, 7) is 0. The fourth-order valence-electron chi connectivity index (χ4n) is 2.49. The molecule has 25 heavy (non-hydrogen) atoms. The van der Waals surface area contributed by atoms with Gasteiger partial charge in [0.15, 0.2) is 0 Å². The van der Waals surface area contributed by atoms with Crippen molar-refractivity contribution in [2.75, 3.05) is 0 Å². The molecule has 3 rings (SSSR count). The first-order valence-electron chi connectivity index (χ1n) is 7.70. The first kappa shape index (κ1) is 16.4. The van der Waals surface area contributed by atoms with Gasteiger partial charge in [-0.15, -0.1) is 0 Å². The van der Waals surface area contributed by atoms with Gasteiger partial charge in [0, 0.05) is 11.8 Å². The largest absolute Gasteiger partial charge is 0.508 e. The van der Waals surface area contributed by atoms with Crippen LogP contribution in [0.15, 0.2) is 60.7 Å². The van der Waals surface area contributed by atoms with Crippen molar-refractivity contribution in [1.29, 1.82) is 0 Å². The lowest BCUT2D eigenvalue weighted by molar-refractivity contribution is -0.139. The van der Waals surface area contributed by atoms with Gasteiger partial charge in [-0.05, 0) is 29.8 Å². The number of aromatic nitrogens is 1. The molecule has 0 radical (unpaired) electrons. The summed E-state index contributed by atoms with van der Waals surface area (Å²) in [7, 11) is 0. The Hall–Kier alpha value is -3.41. The Morgan fingerprint density at radius 3 is 2.44 bits per heavy atom. The number of carboxylic acids is 1. The molecular formula is C19H16N2O4. The number of hydrogen-bond donors (Lipinski definition) is 3. The molecule has 1 heterocycles. The number of carbonyl (C=O) groups is 2. The minimum Gasteiger partial charge on any atom is -0.508 e. The number of hydrogen-bond acceptors (Lipinski definition) is 4. The third-order valence-corrected chi connectivity index (χ3v) is 3.81. The van der Waals surface area contributed by atoms with Crippen molar-refractivity contribution in [1.82, 2.24) is 10.3 Å². The Balaban J connectivity index is 1.77. The number of carbonyl (C=O) groups excluding carboxylic acids is 1. The van der Waals surface area contributed by atoms with Crippen LogP contribution in [0.5, 0.6) is 5.75 Å². The zero-order valence-electron chi connectivity index (χ0n) is 13.2. The molecule has 0 bridgehead atoms. The molecule has 1 atom stereocenters. The molecule has 3 aromatic rings. The van der Waals surface area contributed by atoms with Gasteiger partial charge < -0.3 is 15.5 Å². The van der Waals surface area contributed by atoms with Crippen molar-refractivity contribution in [2.24, 2.45) is 0 Å². The summed E-state index contributed by atoms with van der Waals surface area (Å²) in [6.07, 6.45) is 0.106. The number of para-hydroxylation sites is 1. The summed E-state index contributed by atoms with van der Waals surface area (Å²) in [4.78, 5) is 28.1. The number of aromatic hydroxyl groups is 1. The van der Waals surface area contributed by atoms with Crippen LogP contribution in [0.25, 0.3) is 10.9 Å². The van der Waals surface area contributed by atoms with E-state index in [-0.39, 0.29) is 17.9 Å². The molecule has 1 amide bonds. The maximum atomic E-state index is 12.4. The quantitative estimate of drug-likeness (QED) is 0.664. The highest BCUT2D eigenvalue weighted by molar-refractivity contribution is 5.97. The SMILES string of the molecule is O=C(N[C@@H](Cc1ccc(O)cc1)C(=O)O)c1ccc2ccccc2n1. The summed E-state index contributed by atoms with van der Waals surface area (Å²) >= 11 is 0. The van der Waals surface area contributed by atoms with Crippen LogP contribution in [0.4, 0.5) is 0 Å². The van der Waals surface area contributed by atoms with Crippen LogP contribution in [0.3, 0.4) is 0 Å². The molecule has 126 valence electrons. The maximum absolute atomic E-state index is 12.4. The molecule has 0 spiro atoms. The van der Waals surface area contributed by atoms with Crippen molar-refractivity contribution >= 4 is 22.8 Å². The highest BCUT2D eigenvalue weighted by atomic mass is 16.4. The number of nitrogens with one attached hydrogen (secondary N) is 1. The number of pyridine rings is 1. The number of fused-ring (bicyclic) bond motifs is 1. The Morgan fingerprint density at radius 1 is 1.00 bits per heavy atom. The van der Waals surface area contributed by atoms with Crippen LogP contribution in [0.2, 0.25) is 0 Å². The first-order chi connectivity index (χ1) is 12.0. The number of phenols is 1. The summed E-state index contributed by atoms with van der Waals surface area (Å²) in [5.74, 6) is -1.58. The van der Waals surface area contributed by atoms with Crippen LogP contribution >= 0.6 is 0 Å². The molecule has 1 aromatic heterocycles. The van der Waals surface area contributed by atoms with E-state index >= 15 is 0 Å². The molecular weight excluding hydrogens is 320 g/mol. The van der Waals surface area contributed by atoms with Crippen LogP contribution in [-0.4, -0.2) is 33.1 Å². The number of amides is 1. The Bertz CT molecular complexity index is 922. The maximum Gasteiger partial charge on any atom is 0.326 e. The molecule has 0 saturated carbocycles. The lowest BCUT2D eigenvalue weighted by Crippen LogP contribution is -2.42. The fourth-order valence-corrected chi connectivity index (χ4v) is 2.49. The van der Waals surface area contributed by atoms with Gasteiger partial charge in [-0.3, -0.25) is 4.79 Å². The van der Waals surface area contributed by atoms with Gasteiger partial charge in [-0.25, -0.2) is 9.78 Å². The van der Waals surface area contributed by atoms with Gasteiger partial charge >= 0.3 is 5.97 Å². The number of benzene rings is 2. The third kappa shape index (κ3) is 3.92. The summed E-state index contributed by atoms with van der Waals surface area (Å²) in [6, 6.07) is 15.8. The molecule has 6 nitrogen and oxygen atoms in total. The summed E-state index contributed by atoms with van der Waals surface area (Å²) in [5.41, 5.74) is 1.52. The molecule has 0 fully saturated rings. The fraction of sp³-hybridized carbons (Fsp3) is 0.105. The summed E-state index contributed by atoms with van der Waals surface area (Å²) < 4.78 is 0. The van der Waals surface area contributed by atoms with Crippen molar-refractivity contribution in [3.63, 3.8) is 0 Å². The normalized spacial score (nSPS) is 11.8.